The summed E-state index contributed by atoms with van der Waals surface area (Å²) in [7, 11) is 0. The Hall–Kier alpha value is -1.63. The van der Waals surface area contributed by atoms with Crippen molar-refractivity contribution >= 4 is 11.6 Å². The van der Waals surface area contributed by atoms with Crippen molar-refractivity contribution < 1.29 is 19.0 Å². The molecular weight excluding hydrogens is 296 g/mol. The summed E-state index contributed by atoms with van der Waals surface area (Å²) in [4.78, 5) is 12.1. The van der Waals surface area contributed by atoms with Crippen LogP contribution in [0.1, 0.15) is 12.8 Å². The van der Waals surface area contributed by atoms with E-state index in [0.717, 1.165) is 44.1 Å². The van der Waals surface area contributed by atoms with Gasteiger partial charge in [0, 0.05) is 25.4 Å². The number of anilines is 1. The summed E-state index contributed by atoms with van der Waals surface area (Å²) < 4.78 is 16.5. The maximum absolute atomic E-state index is 12.1. The van der Waals surface area contributed by atoms with Gasteiger partial charge in [-0.25, -0.2) is 0 Å². The number of benzene rings is 1. The summed E-state index contributed by atoms with van der Waals surface area (Å²) in [6.45, 7) is 4.16. The van der Waals surface area contributed by atoms with E-state index in [1.165, 1.54) is 0 Å². The Balaban J connectivity index is 1.45. The van der Waals surface area contributed by atoms with Crippen molar-refractivity contribution in [2.75, 3.05) is 44.9 Å². The van der Waals surface area contributed by atoms with Crippen LogP contribution in [0.4, 0.5) is 5.69 Å². The van der Waals surface area contributed by atoms with Gasteiger partial charge in [-0.15, -0.1) is 0 Å². The summed E-state index contributed by atoms with van der Waals surface area (Å²) in [5.41, 5.74) is 0.765. The number of rotatable bonds is 5. The molecule has 2 saturated heterocycles. The standard InChI is InChI=1S/C17H24N2O4/c20-17(16-12-22-10-7-18-16)19-14-1-3-15(4-2-14)23-11-13-5-8-21-9-6-13/h1-4,13,16,18H,5-12H2,(H,19,20). The molecule has 1 unspecified atom stereocenters. The number of amides is 1. The second kappa shape index (κ2) is 8.29. The number of carbonyl (C=O) groups is 1. The molecule has 6 heteroatoms. The van der Waals surface area contributed by atoms with Gasteiger partial charge < -0.3 is 24.8 Å². The number of carbonyl (C=O) groups excluding carboxylic acids is 1. The minimum absolute atomic E-state index is 0.0689. The maximum atomic E-state index is 12.1. The second-order valence-electron chi connectivity index (χ2n) is 5.96. The van der Waals surface area contributed by atoms with Gasteiger partial charge in [-0.3, -0.25) is 4.79 Å². The van der Waals surface area contributed by atoms with Gasteiger partial charge in [0.2, 0.25) is 5.91 Å². The van der Waals surface area contributed by atoms with Crippen LogP contribution in [0.5, 0.6) is 5.75 Å². The summed E-state index contributed by atoms with van der Waals surface area (Å²) in [5, 5.41) is 6.03. The van der Waals surface area contributed by atoms with Crippen LogP contribution in [-0.2, 0) is 14.3 Å². The topological polar surface area (TPSA) is 68.8 Å². The fraction of sp³-hybridized carbons (Fsp3) is 0.588. The van der Waals surface area contributed by atoms with Gasteiger partial charge in [0.15, 0.2) is 0 Å². The average Bonchev–Trinajstić information content (AvgIpc) is 2.63. The Morgan fingerprint density at radius 1 is 1.17 bits per heavy atom. The highest BCUT2D eigenvalue weighted by molar-refractivity contribution is 5.95. The molecule has 2 aliphatic rings. The van der Waals surface area contributed by atoms with Gasteiger partial charge in [0.1, 0.15) is 11.8 Å². The van der Waals surface area contributed by atoms with E-state index in [2.05, 4.69) is 10.6 Å². The minimum Gasteiger partial charge on any atom is -0.493 e. The van der Waals surface area contributed by atoms with Crippen LogP contribution in [0.3, 0.4) is 0 Å². The number of hydrogen-bond acceptors (Lipinski definition) is 5. The molecular formula is C17H24N2O4. The third-order valence-electron chi connectivity index (χ3n) is 4.19. The molecule has 2 heterocycles. The molecule has 23 heavy (non-hydrogen) atoms. The fourth-order valence-corrected chi connectivity index (χ4v) is 2.72. The molecule has 0 aliphatic carbocycles. The molecule has 126 valence electrons. The summed E-state index contributed by atoms with van der Waals surface area (Å²) in [6, 6.07) is 7.22. The van der Waals surface area contributed by atoms with Crippen molar-refractivity contribution in [2.45, 2.75) is 18.9 Å². The zero-order chi connectivity index (χ0) is 15.9. The molecule has 1 aromatic rings. The smallest absolute Gasteiger partial charge is 0.243 e. The molecule has 0 radical (unpaired) electrons. The Labute approximate surface area is 136 Å². The number of hydrogen-bond donors (Lipinski definition) is 2. The lowest BCUT2D eigenvalue weighted by Crippen LogP contribution is -2.48. The van der Waals surface area contributed by atoms with Crippen LogP contribution in [0.2, 0.25) is 0 Å². The van der Waals surface area contributed by atoms with Crippen LogP contribution < -0.4 is 15.4 Å². The van der Waals surface area contributed by atoms with Gasteiger partial charge in [0.05, 0.1) is 19.8 Å². The SMILES string of the molecule is O=C(Nc1ccc(OCC2CCOCC2)cc1)C1COCCN1. The van der Waals surface area contributed by atoms with Crippen molar-refractivity contribution in [3.63, 3.8) is 0 Å². The number of morpholine rings is 1. The second-order valence-corrected chi connectivity index (χ2v) is 5.96. The maximum Gasteiger partial charge on any atom is 0.243 e. The van der Waals surface area contributed by atoms with E-state index in [0.29, 0.717) is 25.7 Å². The average molecular weight is 320 g/mol. The summed E-state index contributed by atoms with van der Waals surface area (Å²) in [6.07, 6.45) is 2.12. The Bertz CT molecular complexity index is 494. The van der Waals surface area contributed by atoms with E-state index in [1.54, 1.807) is 0 Å². The Kier molecular flexibility index (Phi) is 5.85. The van der Waals surface area contributed by atoms with E-state index in [-0.39, 0.29) is 11.9 Å². The first kappa shape index (κ1) is 16.2. The summed E-state index contributed by atoms with van der Waals surface area (Å²) in [5.74, 6) is 1.33. The van der Waals surface area contributed by atoms with Gasteiger partial charge in [-0.05, 0) is 43.0 Å². The van der Waals surface area contributed by atoms with Crippen LogP contribution in [0.15, 0.2) is 24.3 Å². The Morgan fingerprint density at radius 3 is 2.65 bits per heavy atom. The molecule has 2 fully saturated rings. The molecule has 1 amide bonds. The quantitative estimate of drug-likeness (QED) is 0.859. The predicted octanol–water partition coefficient (Wildman–Crippen LogP) is 1.42. The van der Waals surface area contributed by atoms with E-state index in [4.69, 9.17) is 14.2 Å². The fourth-order valence-electron chi connectivity index (χ4n) is 2.72. The number of nitrogens with one attached hydrogen (secondary N) is 2. The molecule has 3 rings (SSSR count). The molecule has 0 bridgehead atoms. The van der Waals surface area contributed by atoms with Crippen LogP contribution >= 0.6 is 0 Å². The van der Waals surface area contributed by atoms with Gasteiger partial charge in [-0.2, -0.15) is 0 Å². The van der Waals surface area contributed by atoms with Crippen LogP contribution in [0, 0.1) is 5.92 Å². The molecule has 2 N–H and O–H groups in total. The highest BCUT2D eigenvalue weighted by Gasteiger charge is 2.21. The van der Waals surface area contributed by atoms with Crippen molar-refractivity contribution in [2.24, 2.45) is 5.92 Å². The van der Waals surface area contributed by atoms with Gasteiger partial charge >= 0.3 is 0 Å². The molecule has 6 nitrogen and oxygen atoms in total. The zero-order valence-electron chi connectivity index (χ0n) is 13.3. The highest BCUT2D eigenvalue weighted by Crippen LogP contribution is 2.20. The molecule has 0 aromatic heterocycles. The normalized spacial score (nSPS) is 22.5. The van der Waals surface area contributed by atoms with Crippen molar-refractivity contribution in [1.29, 1.82) is 0 Å². The molecule has 2 aliphatic heterocycles. The lowest BCUT2D eigenvalue weighted by molar-refractivity contribution is -0.120. The number of ether oxygens (including phenoxy) is 3. The zero-order valence-corrected chi connectivity index (χ0v) is 13.3. The first-order valence-corrected chi connectivity index (χ1v) is 8.24. The van der Waals surface area contributed by atoms with Gasteiger partial charge in [0.25, 0.3) is 0 Å². The molecule has 1 aromatic carbocycles. The Morgan fingerprint density at radius 2 is 1.96 bits per heavy atom. The van der Waals surface area contributed by atoms with E-state index < -0.39 is 0 Å². The highest BCUT2D eigenvalue weighted by atomic mass is 16.5. The first-order valence-electron chi connectivity index (χ1n) is 8.24. The lowest BCUT2D eigenvalue weighted by atomic mass is 10.0. The summed E-state index contributed by atoms with van der Waals surface area (Å²) >= 11 is 0. The predicted molar refractivity (Wildman–Crippen MR) is 86.7 cm³/mol. The monoisotopic (exact) mass is 320 g/mol. The minimum atomic E-state index is -0.284. The van der Waals surface area contributed by atoms with Crippen molar-refractivity contribution in [3.8, 4) is 5.75 Å². The van der Waals surface area contributed by atoms with Crippen molar-refractivity contribution in [3.05, 3.63) is 24.3 Å². The van der Waals surface area contributed by atoms with Gasteiger partial charge in [-0.1, -0.05) is 0 Å². The molecule has 1 atom stereocenters. The van der Waals surface area contributed by atoms with Crippen LogP contribution in [0.25, 0.3) is 0 Å². The van der Waals surface area contributed by atoms with Crippen LogP contribution in [-0.4, -0.2) is 51.5 Å². The first-order chi connectivity index (χ1) is 11.3. The lowest BCUT2D eigenvalue weighted by Gasteiger charge is -2.23. The third-order valence-corrected chi connectivity index (χ3v) is 4.19. The van der Waals surface area contributed by atoms with E-state index in [9.17, 15) is 4.79 Å². The molecule has 0 saturated carbocycles. The van der Waals surface area contributed by atoms with Crippen molar-refractivity contribution in [1.82, 2.24) is 5.32 Å². The van der Waals surface area contributed by atoms with E-state index in [1.807, 2.05) is 24.3 Å². The third kappa shape index (κ3) is 4.92. The largest absolute Gasteiger partial charge is 0.493 e. The molecule has 0 spiro atoms. The van der Waals surface area contributed by atoms with E-state index >= 15 is 0 Å².